The molecular formula is C12H17N5O. The van der Waals surface area contributed by atoms with Crippen LogP contribution in [0.3, 0.4) is 0 Å². The molecule has 0 aliphatic carbocycles. The van der Waals surface area contributed by atoms with Crippen LogP contribution in [-0.4, -0.2) is 30.8 Å². The molecule has 2 aromatic heterocycles. The molecule has 0 aliphatic heterocycles. The number of aryl methyl sites for hydroxylation is 1. The molecule has 0 N–H and O–H groups in total. The highest BCUT2D eigenvalue weighted by atomic mass is 16.1. The average molecular weight is 247 g/mol. The van der Waals surface area contributed by atoms with E-state index in [-0.39, 0.29) is 6.04 Å². The molecule has 2 aromatic rings. The third kappa shape index (κ3) is 2.05. The minimum absolute atomic E-state index is 0.255. The Balaban J connectivity index is 2.34. The van der Waals surface area contributed by atoms with Crippen LogP contribution in [0.1, 0.15) is 47.5 Å². The number of carbonyl (C=O) groups excluding carboxylic acids is 1. The second kappa shape index (κ2) is 4.72. The lowest BCUT2D eigenvalue weighted by molar-refractivity contribution is 0.112. The highest BCUT2D eigenvalue weighted by Crippen LogP contribution is 2.13. The zero-order valence-electron chi connectivity index (χ0n) is 11.1. The number of carbonyl (C=O) groups is 1. The highest BCUT2D eigenvalue weighted by Gasteiger charge is 2.14. The Morgan fingerprint density at radius 3 is 2.67 bits per heavy atom. The van der Waals surface area contributed by atoms with E-state index in [9.17, 15) is 4.79 Å². The van der Waals surface area contributed by atoms with E-state index in [0.29, 0.717) is 12.1 Å². The van der Waals surface area contributed by atoms with Gasteiger partial charge in [-0.3, -0.25) is 9.48 Å². The molecule has 0 saturated carbocycles. The van der Waals surface area contributed by atoms with Gasteiger partial charge in [-0.1, -0.05) is 0 Å². The van der Waals surface area contributed by atoms with E-state index in [2.05, 4.69) is 29.0 Å². The van der Waals surface area contributed by atoms with Crippen molar-refractivity contribution in [2.24, 2.45) is 0 Å². The number of nitrogens with zero attached hydrogens (tertiary/aromatic N) is 5. The third-order valence-corrected chi connectivity index (χ3v) is 2.98. The zero-order valence-corrected chi connectivity index (χ0v) is 11.1. The van der Waals surface area contributed by atoms with Crippen LogP contribution < -0.4 is 0 Å². The van der Waals surface area contributed by atoms with Gasteiger partial charge in [0.1, 0.15) is 18.7 Å². The summed E-state index contributed by atoms with van der Waals surface area (Å²) in [6.45, 7) is 8.35. The van der Waals surface area contributed by atoms with Crippen LogP contribution in [0.4, 0.5) is 0 Å². The smallest absolute Gasteiger partial charge is 0.153 e. The van der Waals surface area contributed by atoms with Crippen LogP contribution in [0.5, 0.6) is 0 Å². The molecule has 0 atom stereocenters. The first-order chi connectivity index (χ1) is 8.54. The Morgan fingerprint density at radius 1 is 1.39 bits per heavy atom. The molecule has 0 bridgehead atoms. The zero-order chi connectivity index (χ0) is 13.3. The summed E-state index contributed by atoms with van der Waals surface area (Å²) in [4.78, 5) is 15.2. The summed E-state index contributed by atoms with van der Waals surface area (Å²) < 4.78 is 3.65. The maximum absolute atomic E-state index is 11.0. The molecule has 0 fully saturated rings. The fourth-order valence-corrected chi connectivity index (χ4v) is 1.99. The fraction of sp³-hybridized carbons (Fsp3) is 0.500. The summed E-state index contributed by atoms with van der Waals surface area (Å²) in [5, 5.41) is 8.55. The topological polar surface area (TPSA) is 65.6 Å². The van der Waals surface area contributed by atoms with E-state index in [1.807, 2.05) is 18.5 Å². The molecule has 0 radical (unpaired) electrons. The Hall–Kier alpha value is -1.98. The first-order valence-electron chi connectivity index (χ1n) is 5.92. The fourth-order valence-electron chi connectivity index (χ4n) is 1.99. The second-order valence-electron chi connectivity index (χ2n) is 4.57. The maximum atomic E-state index is 11.0. The van der Waals surface area contributed by atoms with Crippen molar-refractivity contribution in [3.8, 4) is 0 Å². The van der Waals surface area contributed by atoms with Gasteiger partial charge in [0.15, 0.2) is 6.29 Å². The SMILES string of the molecule is Cc1nn(Cc2ncnn2C(C)C)c(C)c1C=O. The lowest BCUT2D eigenvalue weighted by atomic mass is 10.2. The van der Waals surface area contributed by atoms with Gasteiger partial charge in [0.25, 0.3) is 0 Å². The van der Waals surface area contributed by atoms with Crippen molar-refractivity contribution in [3.05, 3.63) is 29.1 Å². The molecule has 6 nitrogen and oxygen atoms in total. The van der Waals surface area contributed by atoms with E-state index >= 15 is 0 Å². The molecule has 0 amide bonds. The highest BCUT2D eigenvalue weighted by molar-refractivity contribution is 5.78. The summed E-state index contributed by atoms with van der Waals surface area (Å²) in [5.74, 6) is 0.841. The van der Waals surface area contributed by atoms with Crippen molar-refractivity contribution in [3.63, 3.8) is 0 Å². The predicted molar refractivity (Wildman–Crippen MR) is 66.6 cm³/mol. The summed E-state index contributed by atoms with van der Waals surface area (Å²) in [6, 6.07) is 0.255. The third-order valence-electron chi connectivity index (χ3n) is 2.98. The molecule has 0 unspecified atom stereocenters. The summed E-state index contributed by atoms with van der Waals surface area (Å²) >= 11 is 0. The van der Waals surface area contributed by atoms with Crippen LogP contribution >= 0.6 is 0 Å². The summed E-state index contributed by atoms with van der Waals surface area (Å²) in [6.07, 6.45) is 2.39. The molecule has 2 rings (SSSR count). The molecule has 2 heterocycles. The lowest BCUT2D eigenvalue weighted by Gasteiger charge is -2.10. The number of hydrogen-bond donors (Lipinski definition) is 0. The molecule has 6 heteroatoms. The van der Waals surface area contributed by atoms with E-state index in [1.165, 1.54) is 0 Å². The van der Waals surface area contributed by atoms with Crippen molar-refractivity contribution < 1.29 is 4.79 Å². The molecule has 0 aromatic carbocycles. The molecule has 96 valence electrons. The van der Waals surface area contributed by atoms with Crippen molar-refractivity contribution in [2.75, 3.05) is 0 Å². The van der Waals surface area contributed by atoms with Gasteiger partial charge in [-0.25, -0.2) is 9.67 Å². The first kappa shape index (κ1) is 12.5. The number of hydrogen-bond acceptors (Lipinski definition) is 4. The average Bonchev–Trinajstić information content (AvgIpc) is 2.86. The van der Waals surface area contributed by atoms with Gasteiger partial charge in [-0.15, -0.1) is 0 Å². The molecule has 0 saturated heterocycles. The number of aromatic nitrogens is 5. The van der Waals surface area contributed by atoms with Gasteiger partial charge in [-0.2, -0.15) is 10.2 Å². The Morgan fingerprint density at radius 2 is 2.11 bits per heavy atom. The first-order valence-corrected chi connectivity index (χ1v) is 5.92. The van der Waals surface area contributed by atoms with Gasteiger partial charge in [0, 0.05) is 11.7 Å². The van der Waals surface area contributed by atoms with Gasteiger partial charge in [0.2, 0.25) is 0 Å². The summed E-state index contributed by atoms with van der Waals surface area (Å²) in [5.41, 5.74) is 2.27. The normalized spacial score (nSPS) is 11.2. The van der Waals surface area contributed by atoms with Crippen molar-refractivity contribution >= 4 is 6.29 Å². The number of aldehydes is 1. The van der Waals surface area contributed by atoms with Crippen LogP contribution in [0.25, 0.3) is 0 Å². The van der Waals surface area contributed by atoms with Crippen LogP contribution in [0, 0.1) is 13.8 Å². The predicted octanol–water partition coefficient (Wildman–Crippen LogP) is 1.53. The minimum Gasteiger partial charge on any atom is -0.298 e. The monoisotopic (exact) mass is 247 g/mol. The molecule has 18 heavy (non-hydrogen) atoms. The van der Waals surface area contributed by atoms with Crippen LogP contribution in [0.2, 0.25) is 0 Å². The Kier molecular flexibility index (Phi) is 3.27. The van der Waals surface area contributed by atoms with Crippen molar-refractivity contribution in [1.82, 2.24) is 24.5 Å². The standard InChI is InChI=1S/C12H17N5O/c1-8(2)17-12(13-7-14-17)5-16-10(4)11(6-18)9(3)15-16/h6-8H,5H2,1-4H3. The van der Waals surface area contributed by atoms with Gasteiger partial charge >= 0.3 is 0 Å². The van der Waals surface area contributed by atoms with E-state index < -0.39 is 0 Å². The van der Waals surface area contributed by atoms with Gasteiger partial charge < -0.3 is 0 Å². The molecular weight excluding hydrogens is 230 g/mol. The molecule has 0 spiro atoms. The van der Waals surface area contributed by atoms with Crippen molar-refractivity contribution in [2.45, 2.75) is 40.3 Å². The van der Waals surface area contributed by atoms with Crippen LogP contribution in [-0.2, 0) is 6.54 Å². The van der Waals surface area contributed by atoms with Gasteiger partial charge in [0.05, 0.1) is 11.3 Å². The largest absolute Gasteiger partial charge is 0.298 e. The molecule has 0 aliphatic rings. The minimum atomic E-state index is 0.255. The summed E-state index contributed by atoms with van der Waals surface area (Å²) in [7, 11) is 0. The van der Waals surface area contributed by atoms with E-state index in [4.69, 9.17) is 0 Å². The van der Waals surface area contributed by atoms with Crippen LogP contribution in [0.15, 0.2) is 6.33 Å². The lowest BCUT2D eigenvalue weighted by Crippen LogP contribution is -2.13. The number of rotatable bonds is 4. The van der Waals surface area contributed by atoms with Crippen molar-refractivity contribution in [1.29, 1.82) is 0 Å². The maximum Gasteiger partial charge on any atom is 0.153 e. The van der Waals surface area contributed by atoms with E-state index in [1.54, 1.807) is 11.0 Å². The van der Waals surface area contributed by atoms with Gasteiger partial charge in [-0.05, 0) is 27.7 Å². The Bertz CT molecular complexity index is 567. The quantitative estimate of drug-likeness (QED) is 0.768. The second-order valence-corrected chi connectivity index (χ2v) is 4.57. The Labute approximate surface area is 106 Å². The van der Waals surface area contributed by atoms with E-state index in [0.717, 1.165) is 23.5 Å².